The molecule has 7 rings (SSSR count). The molecule has 0 amide bonds. The van der Waals surface area contributed by atoms with E-state index >= 15 is 0 Å². The average Bonchev–Trinajstić information content (AvgIpc) is 3.69. The predicted octanol–water partition coefficient (Wildman–Crippen LogP) is 8.83. The highest BCUT2D eigenvalue weighted by Gasteiger charge is 2.29. The maximum Gasteiger partial charge on any atom is 0.219 e. The second-order valence-electron chi connectivity index (χ2n) is 10.5. The lowest BCUT2D eigenvalue weighted by Gasteiger charge is -2.28. The van der Waals surface area contributed by atoms with E-state index in [0.29, 0.717) is 0 Å². The number of rotatable bonds is 5. The molecule has 0 radical (unpaired) electrons. The molecule has 0 fully saturated rings. The van der Waals surface area contributed by atoms with E-state index in [-0.39, 0.29) is 0 Å². The second-order valence-corrected chi connectivity index (χ2v) is 12.7. The Balaban J connectivity index is 1.35. The van der Waals surface area contributed by atoms with Crippen LogP contribution in [0, 0.1) is 0 Å². The van der Waals surface area contributed by atoms with E-state index < -0.39 is 0 Å². The Morgan fingerprint density at radius 3 is 2.07 bits per heavy atom. The Morgan fingerprint density at radius 2 is 1.38 bits per heavy atom. The SMILES string of the molecule is CN1C(=CC=C2CCC(C=C=C3Sc4ccccc4[NH+]3C)=C2N(c2ccccc2)c2ccccc2)Sc2ccccc21. The van der Waals surface area contributed by atoms with Crippen molar-refractivity contribution in [3.8, 4) is 0 Å². The van der Waals surface area contributed by atoms with Crippen molar-refractivity contribution in [2.24, 2.45) is 0 Å². The van der Waals surface area contributed by atoms with Gasteiger partial charge in [0.15, 0.2) is 5.69 Å². The van der Waals surface area contributed by atoms with Crippen LogP contribution in [-0.4, -0.2) is 14.1 Å². The quantitative estimate of drug-likeness (QED) is 0.236. The van der Waals surface area contributed by atoms with Gasteiger partial charge in [0.25, 0.3) is 0 Å². The van der Waals surface area contributed by atoms with Crippen LogP contribution >= 0.6 is 23.5 Å². The molecule has 3 nitrogen and oxygen atoms in total. The molecule has 5 heteroatoms. The van der Waals surface area contributed by atoms with Gasteiger partial charge >= 0.3 is 0 Å². The van der Waals surface area contributed by atoms with Gasteiger partial charge in [0.1, 0.15) is 0 Å². The van der Waals surface area contributed by atoms with Crippen LogP contribution in [0.4, 0.5) is 22.7 Å². The lowest BCUT2D eigenvalue weighted by molar-refractivity contribution is -0.755. The largest absolute Gasteiger partial charge is 0.338 e. The fraction of sp³-hybridized carbons (Fsp3) is 0.108. The Labute approximate surface area is 256 Å². The van der Waals surface area contributed by atoms with Crippen molar-refractivity contribution in [2.75, 3.05) is 23.9 Å². The molecular weight excluding hydrogens is 551 g/mol. The normalized spacial score (nSPS) is 19.3. The van der Waals surface area contributed by atoms with E-state index in [1.54, 1.807) is 0 Å². The highest BCUT2D eigenvalue weighted by atomic mass is 32.2. The summed E-state index contributed by atoms with van der Waals surface area (Å²) in [6.07, 6.45) is 8.83. The molecule has 1 N–H and O–H groups in total. The van der Waals surface area contributed by atoms with Crippen LogP contribution in [0.25, 0.3) is 0 Å². The number of allylic oxidation sites excluding steroid dienone is 5. The topological polar surface area (TPSA) is 10.9 Å². The molecule has 4 aromatic rings. The summed E-state index contributed by atoms with van der Waals surface area (Å²) in [4.78, 5) is 8.63. The average molecular weight is 583 g/mol. The molecule has 4 aromatic carbocycles. The van der Waals surface area contributed by atoms with Crippen LogP contribution in [0.2, 0.25) is 0 Å². The van der Waals surface area contributed by atoms with Crippen molar-refractivity contribution in [1.29, 1.82) is 0 Å². The molecule has 0 saturated carbocycles. The van der Waals surface area contributed by atoms with Crippen LogP contribution in [0.5, 0.6) is 0 Å². The number of anilines is 3. The van der Waals surface area contributed by atoms with E-state index in [9.17, 15) is 0 Å². The Morgan fingerprint density at radius 1 is 0.738 bits per heavy atom. The number of nitrogens with zero attached hydrogens (tertiary/aromatic N) is 2. The molecule has 2 heterocycles. The first kappa shape index (κ1) is 26.8. The smallest absolute Gasteiger partial charge is 0.219 e. The number of thioether (sulfide) groups is 2. The molecule has 0 bridgehead atoms. The van der Waals surface area contributed by atoms with E-state index in [2.05, 4.69) is 157 Å². The van der Waals surface area contributed by atoms with Gasteiger partial charge in [0.05, 0.1) is 28.4 Å². The zero-order valence-corrected chi connectivity index (χ0v) is 25.4. The minimum absolute atomic E-state index is 0.973. The lowest BCUT2D eigenvalue weighted by Crippen LogP contribution is -3.00. The molecule has 0 saturated heterocycles. The van der Waals surface area contributed by atoms with E-state index in [4.69, 9.17) is 0 Å². The third-order valence-electron chi connectivity index (χ3n) is 7.94. The molecular formula is C37H32N3S2+. The van der Waals surface area contributed by atoms with Crippen LogP contribution < -0.4 is 14.7 Å². The van der Waals surface area contributed by atoms with E-state index in [0.717, 1.165) is 24.2 Å². The summed E-state index contributed by atoms with van der Waals surface area (Å²) >= 11 is 3.66. The molecule has 1 atom stereocenters. The number of fused-ring (bicyclic) bond motifs is 2. The molecule has 1 aliphatic carbocycles. The van der Waals surface area contributed by atoms with Crippen LogP contribution in [0.1, 0.15) is 12.8 Å². The highest BCUT2D eigenvalue weighted by Crippen LogP contribution is 2.46. The highest BCUT2D eigenvalue weighted by molar-refractivity contribution is 8.03. The third kappa shape index (κ3) is 5.06. The zero-order valence-electron chi connectivity index (χ0n) is 23.7. The van der Waals surface area contributed by atoms with E-state index in [1.165, 1.54) is 53.0 Å². The molecule has 0 spiro atoms. The first-order chi connectivity index (χ1) is 20.7. The summed E-state index contributed by atoms with van der Waals surface area (Å²) in [5.41, 5.74) is 12.5. The zero-order chi connectivity index (χ0) is 28.5. The van der Waals surface area contributed by atoms with Gasteiger partial charge < -0.3 is 9.80 Å². The second kappa shape index (κ2) is 11.6. The van der Waals surface area contributed by atoms with Crippen LogP contribution in [0.15, 0.2) is 170 Å². The van der Waals surface area contributed by atoms with Gasteiger partial charge in [-0.25, -0.2) is 0 Å². The van der Waals surface area contributed by atoms with Gasteiger partial charge in [-0.15, -0.1) is 0 Å². The van der Waals surface area contributed by atoms with Gasteiger partial charge in [0.2, 0.25) is 5.03 Å². The monoisotopic (exact) mass is 582 g/mol. The Bertz CT molecular complexity index is 1760. The minimum Gasteiger partial charge on any atom is -0.338 e. The maximum atomic E-state index is 3.72. The standard InChI is InChI=1S/C37H31N3S2/c1-38-31-17-9-11-19-33(31)41-35(38)25-23-27-21-22-28(24-26-36-39(2)32-18-10-12-20-34(32)42-36)37(27)40(29-13-5-3-6-14-29)30-15-7-4-8-16-30/h3-20,23-25H,21-22H2,1-2H3/p+1. The molecule has 206 valence electrons. The summed E-state index contributed by atoms with van der Waals surface area (Å²) in [5.74, 6) is 0. The van der Waals surface area contributed by atoms with Gasteiger partial charge in [-0.1, -0.05) is 78.5 Å². The van der Waals surface area contributed by atoms with Gasteiger partial charge in [-0.05, 0) is 96.1 Å². The molecule has 3 aliphatic rings. The Kier molecular flexibility index (Phi) is 7.41. The van der Waals surface area contributed by atoms with Crippen molar-refractivity contribution < 1.29 is 4.90 Å². The molecule has 0 aromatic heterocycles. The summed E-state index contributed by atoms with van der Waals surface area (Å²) < 4.78 is 0. The predicted molar refractivity (Wildman–Crippen MR) is 179 cm³/mol. The number of quaternary nitrogens is 1. The molecule has 42 heavy (non-hydrogen) atoms. The number of nitrogens with one attached hydrogen (secondary N) is 1. The van der Waals surface area contributed by atoms with Crippen molar-refractivity contribution in [2.45, 2.75) is 22.6 Å². The fourth-order valence-corrected chi connectivity index (χ4v) is 7.90. The number of para-hydroxylation sites is 4. The van der Waals surface area contributed by atoms with Crippen molar-refractivity contribution in [1.82, 2.24) is 0 Å². The third-order valence-corrected chi connectivity index (χ3v) is 10.3. The number of hydrogen-bond donors (Lipinski definition) is 1. The molecule has 1 unspecified atom stereocenters. The van der Waals surface area contributed by atoms with Crippen LogP contribution in [0.3, 0.4) is 0 Å². The summed E-state index contributed by atoms with van der Waals surface area (Å²) in [6, 6.07) is 38.7. The van der Waals surface area contributed by atoms with Crippen molar-refractivity contribution in [3.05, 3.63) is 160 Å². The number of benzene rings is 4. The number of hydrogen-bond acceptors (Lipinski definition) is 4. The molecule has 2 aliphatic heterocycles. The Hall–Kier alpha value is -4.12. The van der Waals surface area contributed by atoms with E-state index in [1.807, 2.05) is 23.5 Å². The maximum absolute atomic E-state index is 3.72. The van der Waals surface area contributed by atoms with Crippen LogP contribution in [-0.2, 0) is 0 Å². The summed E-state index contributed by atoms with van der Waals surface area (Å²) in [6.45, 7) is 0. The van der Waals surface area contributed by atoms with Crippen molar-refractivity contribution >= 4 is 46.3 Å². The van der Waals surface area contributed by atoms with Gasteiger partial charge in [0, 0.05) is 29.4 Å². The minimum atomic E-state index is 0.973. The fourth-order valence-electron chi connectivity index (χ4n) is 5.77. The van der Waals surface area contributed by atoms with Gasteiger partial charge in [-0.3, -0.25) is 4.90 Å². The first-order valence-corrected chi connectivity index (χ1v) is 15.9. The van der Waals surface area contributed by atoms with Crippen molar-refractivity contribution in [3.63, 3.8) is 0 Å². The lowest BCUT2D eigenvalue weighted by atomic mass is 10.1. The van der Waals surface area contributed by atoms with Gasteiger partial charge in [-0.2, -0.15) is 0 Å². The first-order valence-electron chi connectivity index (χ1n) is 14.3. The summed E-state index contributed by atoms with van der Waals surface area (Å²) in [5, 5.41) is 2.45. The summed E-state index contributed by atoms with van der Waals surface area (Å²) in [7, 11) is 4.37.